The minimum atomic E-state index is -0.457. The first-order valence-electron chi connectivity index (χ1n) is 2.46. The third-order valence-electron chi connectivity index (χ3n) is 0.983. The Hall–Kier alpha value is -0.600. The van der Waals surface area contributed by atoms with Crippen LogP contribution in [0.1, 0.15) is 0 Å². The van der Waals surface area contributed by atoms with Crippen LogP contribution in [0.25, 0.3) is 0 Å². The molecule has 0 saturated heterocycles. The van der Waals surface area contributed by atoms with Crippen molar-refractivity contribution in [1.82, 2.24) is 0 Å². The number of hydrogen-bond donors (Lipinski definition) is 1. The summed E-state index contributed by atoms with van der Waals surface area (Å²) >= 11 is 10.7. The lowest BCUT2D eigenvalue weighted by Gasteiger charge is -1.96. The second kappa shape index (κ2) is 2.56. The van der Waals surface area contributed by atoms with Gasteiger partial charge >= 0.3 is 0 Å². The highest BCUT2D eigenvalue weighted by molar-refractivity contribution is 6.37. The number of phenolic OH excluding ortho intramolecular Hbond substituents is 1. The normalized spacial score (nSPS) is 9.80. The molecule has 10 heavy (non-hydrogen) atoms. The van der Waals surface area contributed by atoms with Crippen molar-refractivity contribution in [3.05, 3.63) is 22.2 Å². The summed E-state index contributed by atoms with van der Waals surface area (Å²) < 4.78 is 0. The van der Waals surface area contributed by atoms with Crippen LogP contribution < -0.4 is 0 Å². The number of phenols is 1. The van der Waals surface area contributed by atoms with Gasteiger partial charge in [0.15, 0.2) is 0 Å². The maximum absolute atomic E-state index is 10.7. The first-order valence-corrected chi connectivity index (χ1v) is 3.22. The van der Waals surface area contributed by atoms with E-state index in [4.69, 9.17) is 28.3 Å². The Bertz CT molecular complexity index is 237. The van der Waals surface area contributed by atoms with Crippen molar-refractivity contribution in [2.24, 2.45) is 0 Å². The van der Waals surface area contributed by atoms with E-state index in [1.165, 1.54) is 0 Å². The first kappa shape index (κ1) is 7.51. The zero-order valence-electron chi connectivity index (χ0n) is 4.77. The molecule has 1 radical (unpaired) electrons. The topological polar surface area (TPSA) is 40.1 Å². The lowest BCUT2D eigenvalue weighted by atomic mass is 10.3. The van der Waals surface area contributed by atoms with E-state index in [-0.39, 0.29) is 15.8 Å². The second-order valence-electron chi connectivity index (χ2n) is 1.74. The molecule has 0 aliphatic rings. The molecule has 0 amide bonds. The van der Waals surface area contributed by atoms with E-state index in [0.29, 0.717) is 0 Å². The standard InChI is InChI=1S/C6H3Cl2O2/c7-4-1-3(9)2-5(8)6(4)10/h1-2,9H. The maximum Gasteiger partial charge on any atom is 0.215 e. The molecule has 1 N–H and O–H groups in total. The van der Waals surface area contributed by atoms with Gasteiger partial charge < -0.3 is 5.11 Å². The molecule has 1 aromatic rings. The van der Waals surface area contributed by atoms with E-state index in [2.05, 4.69) is 0 Å². The summed E-state index contributed by atoms with van der Waals surface area (Å²) in [4.78, 5) is 0. The van der Waals surface area contributed by atoms with Crippen molar-refractivity contribution in [1.29, 1.82) is 0 Å². The predicted octanol–water partition coefficient (Wildman–Crippen LogP) is 2.84. The molecule has 1 aromatic carbocycles. The SMILES string of the molecule is [O]c1c(Cl)cc(O)cc1Cl. The van der Waals surface area contributed by atoms with Crippen LogP contribution in [0.15, 0.2) is 12.1 Å². The Morgan fingerprint density at radius 1 is 1.20 bits per heavy atom. The van der Waals surface area contributed by atoms with Gasteiger partial charge in [0, 0.05) is 12.1 Å². The molecule has 0 aromatic heterocycles. The zero-order chi connectivity index (χ0) is 7.72. The van der Waals surface area contributed by atoms with Gasteiger partial charge in [-0.2, -0.15) is 0 Å². The summed E-state index contributed by atoms with van der Waals surface area (Å²) in [7, 11) is 0. The molecule has 0 unspecified atom stereocenters. The number of hydrogen-bond acceptors (Lipinski definition) is 1. The monoisotopic (exact) mass is 177 g/mol. The number of rotatable bonds is 0. The van der Waals surface area contributed by atoms with E-state index >= 15 is 0 Å². The Kier molecular flexibility index (Phi) is 1.92. The third kappa shape index (κ3) is 1.28. The average molecular weight is 178 g/mol. The van der Waals surface area contributed by atoms with Gasteiger partial charge in [-0.25, -0.2) is 0 Å². The number of halogens is 2. The van der Waals surface area contributed by atoms with Crippen LogP contribution in [0.4, 0.5) is 0 Å². The summed E-state index contributed by atoms with van der Waals surface area (Å²) in [6.07, 6.45) is 0. The highest BCUT2D eigenvalue weighted by Gasteiger charge is 2.06. The van der Waals surface area contributed by atoms with Crippen LogP contribution in [-0.2, 0) is 5.11 Å². The van der Waals surface area contributed by atoms with Gasteiger partial charge in [0.25, 0.3) is 0 Å². The Balaban J connectivity index is 3.31. The van der Waals surface area contributed by atoms with Crippen molar-refractivity contribution in [2.75, 3.05) is 0 Å². The number of benzene rings is 1. The molecule has 0 spiro atoms. The first-order chi connectivity index (χ1) is 4.61. The van der Waals surface area contributed by atoms with Crippen molar-refractivity contribution in [2.45, 2.75) is 0 Å². The molecule has 0 aliphatic carbocycles. The molecule has 1 rings (SSSR count). The van der Waals surface area contributed by atoms with E-state index in [1.54, 1.807) is 0 Å². The van der Waals surface area contributed by atoms with Gasteiger partial charge in [-0.1, -0.05) is 23.2 Å². The summed E-state index contributed by atoms with van der Waals surface area (Å²) in [6, 6.07) is 2.30. The van der Waals surface area contributed by atoms with Crippen LogP contribution >= 0.6 is 23.2 Å². The van der Waals surface area contributed by atoms with Crippen LogP contribution in [-0.4, -0.2) is 5.11 Å². The lowest BCUT2D eigenvalue weighted by Crippen LogP contribution is -1.69. The molecule has 0 fully saturated rings. The minimum absolute atomic E-state index is 0.0648. The quantitative estimate of drug-likeness (QED) is 0.651. The molecule has 0 bridgehead atoms. The van der Waals surface area contributed by atoms with E-state index in [9.17, 15) is 5.11 Å². The fourth-order valence-electron chi connectivity index (χ4n) is 0.547. The van der Waals surface area contributed by atoms with Gasteiger partial charge in [-0.3, -0.25) is 5.11 Å². The van der Waals surface area contributed by atoms with Gasteiger partial charge in [0.2, 0.25) is 5.75 Å². The molecule has 0 aliphatic heterocycles. The predicted molar refractivity (Wildman–Crippen MR) is 38.3 cm³/mol. The van der Waals surface area contributed by atoms with Gasteiger partial charge in [0.05, 0.1) is 10.0 Å². The highest BCUT2D eigenvalue weighted by atomic mass is 35.5. The molecule has 2 nitrogen and oxygen atoms in total. The Labute approximate surface area is 67.6 Å². The molecule has 4 heteroatoms. The lowest BCUT2D eigenvalue weighted by molar-refractivity contribution is 0.354. The van der Waals surface area contributed by atoms with Gasteiger partial charge in [0.1, 0.15) is 5.75 Å². The summed E-state index contributed by atoms with van der Waals surface area (Å²) in [5, 5.41) is 19.4. The van der Waals surface area contributed by atoms with Crippen LogP contribution in [0, 0.1) is 0 Å². The molecule has 0 atom stereocenters. The summed E-state index contributed by atoms with van der Waals surface area (Å²) in [6.45, 7) is 0. The molecule has 0 heterocycles. The van der Waals surface area contributed by atoms with Gasteiger partial charge in [-0.05, 0) is 0 Å². The molecular formula is C6H3Cl2O2. The smallest absolute Gasteiger partial charge is 0.215 e. The Morgan fingerprint density at radius 3 is 2.00 bits per heavy atom. The fraction of sp³-hybridized carbons (Fsp3) is 0. The molecule has 0 saturated carbocycles. The van der Waals surface area contributed by atoms with Crippen molar-refractivity contribution in [3.63, 3.8) is 0 Å². The van der Waals surface area contributed by atoms with Gasteiger partial charge in [-0.15, -0.1) is 0 Å². The van der Waals surface area contributed by atoms with Crippen molar-refractivity contribution < 1.29 is 10.2 Å². The van der Waals surface area contributed by atoms with Crippen LogP contribution in [0.5, 0.6) is 11.5 Å². The fourth-order valence-corrected chi connectivity index (χ4v) is 1.02. The van der Waals surface area contributed by atoms with Crippen molar-refractivity contribution in [3.8, 4) is 11.5 Å². The van der Waals surface area contributed by atoms with E-state index in [1.807, 2.05) is 0 Å². The summed E-state index contributed by atoms with van der Waals surface area (Å²) in [5.41, 5.74) is 0. The van der Waals surface area contributed by atoms with E-state index in [0.717, 1.165) is 12.1 Å². The minimum Gasteiger partial charge on any atom is -0.508 e. The van der Waals surface area contributed by atoms with Crippen molar-refractivity contribution >= 4 is 23.2 Å². The largest absolute Gasteiger partial charge is 0.508 e. The second-order valence-corrected chi connectivity index (χ2v) is 2.55. The Morgan fingerprint density at radius 2 is 1.60 bits per heavy atom. The number of aromatic hydroxyl groups is 1. The van der Waals surface area contributed by atoms with E-state index < -0.39 is 5.75 Å². The molecule has 53 valence electrons. The van der Waals surface area contributed by atoms with Crippen LogP contribution in [0.2, 0.25) is 10.0 Å². The maximum atomic E-state index is 10.7. The third-order valence-corrected chi connectivity index (χ3v) is 1.54. The average Bonchev–Trinajstić information content (AvgIpc) is 1.82. The molecular weight excluding hydrogens is 175 g/mol. The summed E-state index contributed by atoms with van der Waals surface area (Å²) in [5.74, 6) is -0.560. The highest BCUT2D eigenvalue weighted by Crippen LogP contribution is 2.35. The van der Waals surface area contributed by atoms with Crippen LogP contribution in [0.3, 0.4) is 0 Å². The zero-order valence-corrected chi connectivity index (χ0v) is 6.28.